The minimum Gasteiger partial charge on any atom is -0.327 e. The van der Waals surface area contributed by atoms with Crippen molar-refractivity contribution in [1.29, 1.82) is 0 Å². The van der Waals surface area contributed by atoms with E-state index in [1.807, 2.05) is 0 Å². The number of benzene rings is 1. The van der Waals surface area contributed by atoms with Gasteiger partial charge < -0.3 is 4.57 Å². The van der Waals surface area contributed by atoms with Gasteiger partial charge in [0.15, 0.2) is 0 Å². The van der Waals surface area contributed by atoms with Gasteiger partial charge >= 0.3 is 6.18 Å². The molecule has 0 bridgehead atoms. The summed E-state index contributed by atoms with van der Waals surface area (Å²) in [5.74, 6) is 0.921. The Kier molecular flexibility index (Phi) is 4.67. The second kappa shape index (κ2) is 6.58. The highest BCUT2D eigenvalue weighted by Crippen LogP contribution is 2.34. The van der Waals surface area contributed by atoms with E-state index in [4.69, 9.17) is 0 Å². The molecule has 1 aliphatic heterocycles. The largest absolute Gasteiger partial charge is 0.416 e. The maximum atomic E-state index is 12.9. The number of dihydropyridines is 1. The molecule has 128 valence electrons. The Labute approximate surface area is 140 Å². The maximum Gasteiger partial charge on any atom is 0.416 e. The topological polar surface area (TPSA) is 30.2 Å². The van der Waals surface area contributed by atoms with Crippen molar-refractivity contribution in [2.45, 2.75) is 12.6 Å². The van der Waals surface area contributed by atoms with E-state index in [1.54, 1.807) is 17.8 Å². The molecular weight excluding hydrogens is 342 g/mol. The van der Waals surface area contributed by atoms with E-state index in [9.17, 15) is 17.6 Å². The monoisotopic (exact) mass is 357 g/mol. The van der Waals surface area contributed by atoms with Gasteiger partial charge in [-0.1, -0.05) is 0 Å². The third-order valence-corrected chi connectivity index (χ3v) is 4.83. The zero-order valence-electron chi connectivity index (χ0n) is 12.9. The number of fused-ring (bicyclic) bond motifs is 1. The van der Waals surface area contributed by atoms with Gasteiger partial charge in [0.2, 0.25) is 0 Å². The highest BCUT2D eigenvalue weighted by molar-refractivity contribution is 8.04. The number of rotatable bonds is 4. The van der Waals surface area contributed by atoms with Crippen LogP contribution in [0.1, 0.15) is 17.8 Å². The van der Waals surface area contributed by atoms with E-state index in [0.29, 0.717) is 35.6 Å². The minimum atomic E-state index is -4.40. The molecule has 1 aromatic carbocycles. The third kappa shape index (κ3) is 3.19. The summed E-state index contributed by atoms with van der Waals surface area (Å²) in [7, 11) is 1.77. The molecule has 1 aromatic heterocycles. The zero-order chi connectivity index (χ0) is 17.3. The highest BCUT2D eigenvalue weighted by atomic mass is 32.2. The van der Waals surface area contributed by atoms with Gasteiger partial charge in [-0.25, -0.2) is 4.98 Å². The van der Waals surface area contributed by atoms with E-state index in [2.05, 4.69) is 9.98 Å². The zero-order valence-corrected chi connectivity index (χ0v) is 13.7. The normalized spacial score (nSPS) is 15.5. The molecule has 0 fully saturated rings. The highest BCUT2D eigenvalue weighted by Gasteiger charge is 2.31. The van der Waals surface area contributed by atoms with E-state index < -0.39 is 18.4 Å². The number of imidazole rings is 1. The Morgan fingerprint density at radius 1 is 1.29 bits per heavy atom. The first-order valence-electron chi connectivity index (χ1n) is 7.37. The fourth-order valence-corrected chi connectivity index (χ4v) is 3.48. The summed E-state index contributed by atoms with van der Waals surface area (Å²) in [5.41, 5.74) is 1.11. The molecular formula is C16H15F4N3S. The Hall–Kier alpha value is -1.83. The van der Waals surface area contributed by atoms with Crippen molar-refractivity contribution in [2.24, 2.45) is 12.0 Å². The van der Waals surface area contributed by atoms with Crippen LogP contribution in [-0.2, 0) is 13.2 Å². The van der Waals surface area contributed by atoms with Crippen LogP contribution < -0.4 is 0 Å². The van der Waals surface area contributed by atoms with Gasteiger partial charge in [-0.15, -0.1) is 11.8 Å². The second-order valence-electron chi connectivity index (χ2n) is 5.36. The molecule has 0 atom stereocenters. The first-order chi connectivity index (χ1) is 11.4. The number of hydrogen-bond acceptors (Lipinski definition) is 3. The minimum absolute atomic E-state index is 0.298. The van der Waals surface area contributed by atoms with Crippen LogP contribution in [0, 0.1) is 0 Å². The first kappa shape index (κ1) is 17.0. The van der Waals surface area contributed by atoms with Gasteiger partial charge in [-0.2, -0.15) is 13.2 Å². The number of hydrogen-bond donors (Lipinski definition) is 0. The van der Waals surface area contributed by atoms with Crippen molar-refractivity contribution < 1.29 is 17.6 Å². The fraction of sp³-hybridized carbons (Fsp3) is 0.375. The quantitative estimate of drug-likeness (QED) is 0.755. The molecule has 0 spiro atoms. The molecule has 0 unspecified atom stereocenters. The van der Waals surface area contributed by atoms with Gasteiger partial charge in [0, 0.05) is 36.0 Å². The summed E-state index contributed by atoms with van der Waals surface area (Å²) < 4.78 is 52.9. The van der Waals surface area contributed by atoms with Gasteiger partial charge in [-0.05, 0) is 24.6 Å². The lowest BCUT2D eigenvalue weighted by Crippen LogP contribution is -2.06. The average Bonchev–Trinajstić information content (AvgIpc) is 2.89. The first-order valence-corrected chi connectivity index (χ1v) is 8.36. The third-order valence-electron chi connectivity index (χ3n) is 3.81. The van der Waals surface area contributed by atoms with Crippen molar-refractivity contribution in [3.8, 4) is 0 Å². The number of aromatic nitrogens is 2. The average molecular weight is 357 g/mol. The number of thioether (sulfide) groups is 1. The summed E-state index contributed by atoms with van der Waals surface area (Å²) >= 11 is 1.35. The van der Waals surface area contributed by atoms with Crippen LogP contribution in [0.5, 0.6) is 0 Å². The molecule has 0 N–H and O–H groups in total. The SMILES string of the molecule is Cn1c(C2=C(SCCF)C=NCC2)nc2cc(C(F)(F)F)ccc21. The van der Waals surface area contributed by atoms with Crippen LogP contribution in [0.3, 0.4) is 0 Å². The van der Waals surface area contributed by atoms with Crippen LogP contribution in [0.2, 0.25) is 0 Å². The van der Waals surface area contributed by atoms with Crippen LogP contribution in [-0.4, -0.2) is 34.7 Å². The molecule has 0 amide bonds. The number of halogens is 4. The number of nitrogens with zero attached hydrogens (tertiary/aromatic N) is 3. The molecule has 8 heteroatoms. The Bertz CT molecular complexity index is 821. The van der Waals surface area contributed by atoms with E-state index in [-0.39, 0.29) is 0 Å². The molecule has 0 saturated heterocycles. The van der Waals surface area contributed by atoms with Crippen molar-refractivity contribution in [2.75, 3.05) is 19.0 Å². The van der Waals surface area contributed by atoms with Crippen LogP contribution in [0.25, 0.3) is 16.6 Å². The smallest absolute Gasteiger partial charge is 0.327 e. The standard InChI is InChI=1S/C16H15F4N3S/c1-23-13-3-2-10(16(18,19)20)8-12(13)22-15(23)11-4-6-21-9-14(11)24-7-5-17/h2-3,8-9H,4-7H2,1H3. The lowest BCUT2D eigenvalue weighted by molar-refractivity contribution is -0.137. The summed E-state index contributed by atoms with van der Waals surface area (Å²) in [6.45, 7) is 0.138. The molecule has 0 saturated carbocycles. The summed E-state index contributed by atoms with van der Waals surface area (Å²) in [5, 5.41) is 0. The van der Waals surface area contributed by atoms with Crippen LogP contribution in [0.4, 0.5) is 17.6 Å². The number of aryl methyl sites for hydroxylation is 1. The lowest BCUT2D eigenvalue weighted by Gasteiger charge is -2.14. The van der Waals surface area contributed by atoms with Crippen molar-refractivity contribution >= 4 is 34.6 Å². The van der Waals surface area contributed by atoms with Gasteiger partial charge in [0.25, 0.3) is 0 Å². The molecule has 0 radical (unpaired) electrons. The number of aliphatic imine (C=N–C) groups is 1. The Morgan fingerprint density at radius 2 is 2.08 bits per heavy atom. The lowest BCUT2D eigenvalue weighted by atomic mass is 10.1. The number of alkyl halides is 4. The van der Waals surface area contributed by atoms with E-state index in [0.717, 1.165) is 22.6 Å². The Morgan fingerprint density at radius 3 is 2.79 bits per heavy atom. The summed E-state index contributed by atoms with van der Waals surface area (Å²) in [6, 6.07) is 3.55. The predicted octanol–water partition coefficient (Wildman–Crippen LogP) is 4.48. The van der Waals surface area contributed by atoms with Crippen molar-refractivity contribution in [3.05, 3.63) is 34.5 Å². The fourth-order valence-electron chi connectivity index (χ4n) is 2.67. The van der Waals surface area contributed by atoms with Gasteiger partial charge in [0.1, 0.15) is 5.82 Å². The van der Waals surface area contributed by atoms with Gasteiger partial charge in [-0.3, -0.25) is 9.38 Å². The molecule has 0 aliphatic carbocycles. The predicted molar refractivity (Wildman–Crippen MR) is 89.0 cm³/mol. The molecule has 2 aromatic rings. The van der Waals surface area contributed by atoms with Crippen molar-refractivity contribution in [3.63, 3.8) is 0 Å². The van der Waals surface area contributed by atoms with Crippen molar-refractivity contribution in [1.82, 2.24) is 9.55 Å². The van der Waals surface area contributed by atoms with Crippen LogP contribution in [0.15, 0.2) is 28.1 Å². The molecule has 2 heterocycles. The molecule has 1 aliphatic rings. The van der Waals surface area contributed by atoms with Crippen LogP contribution >= 0.6 is 11.8 Å². The van der Waals surface area contributed by atoms with Gasteiger partial charge in [0.05, 0.1) is 23.3 Å². The summed E-state index contributed by atoms with van der Waals surface area (Å²) in [4.78, 5) is 9.44. The molecule has 3 rings (SSSR count). The maximum absolute atomic E-state index is 12.9. The molecule has 24 heavy (non-hydrogen) atoms. The van der Waals surface area contributed by atoms with E-state index >= 15 is 0 Å². The Balaban J connectivity index is 2.10. The second-order valence-corrected chi connectivity index (χ2v) is 6.50. The number of allylic oxidation sites excluding steroid dienone is 1. The summed E-state index contributed by atoms with van der Waals surface area (Å²) in [6.07, 6.45) is -2.07. The molecule has 3 nitrogen and oxygen atoms in total. The van der Waals surface area contributed by atoms with E-state index in [1.165, 1.54) is 17.8 Å².